The van der Waals surface area contributed by atoms with E-state index in [-0.39, 0.29) is 22.4 Å². The molecule has 0 bridgehead atoms. The third-order valence-corrected chi connectivity index (χ3v) is 1.93. The predicted octanol–water partition coefficient (Wildman–Crippen LogP) is 1.34. The SMILES string of the molecule is CN(C)C(=O)c1ccc([N+](=O)[O-])c(Cl)n1. The fourth-order valence-electron chi connectivity index (χ4n) is 0.911. The van der Waals surface area contributed by atoms with Gasteiger partial charge in [0.15, 0.2) is 0 Å². The van der Waals surface area contributed by atoms with Crippen LogP contribution >= 0.6 is 11.6 Å². The van der Waals surface area contributed by atoms with Crippen molar-refractivity contribution in [2.24, 2.45) is 0 Å². The van der Waals surface area contributed by atoms with Crippen molar-refractivity contribution in [1.29, 1.82) is 0 Å². The molecule has 0 spiro atoms. The average Bonchev–Trinajstić information content (AvgIpc) is 2.15. The van der Waals surface area contributed by atoms with Gasteiger partial charge in [-0.05, 0) is 6.07 Å². The molecule has 0 saturated carbocycles. The Hall–Kier alpha value is -1.69. The summed E-state index contributed by atoms with van der Waals surface area (Å²) in [5.41, 5.74) is -0.234. The number of hydrogen-bond donors (Lipinski definition) is 0. The van der Waals surface area contributed by atoms with Crippen LogP contribution in [0.2, 0.25) is 5.15 Å². The Bertz CT molecular complexity index is 420. The lowest BCUT2D eigenvalue weighted by atomic mass is 10.3. The number of pyridine rings is 1. The summed E-state index contributed by atoms with van der Waals surface area (Å²) >= 11 is 5.55. The summed E-state index contributed by atoms with van der Waals surface area (Å²) in [6.07, 6.45) is 0. The molecular weight excluding hydrogens is 222 g/mol. The summed E-state index contributed by atoms with van der Waals surface area (Å²) in [7, 11) is 3.11. The number of carbonyl (C=O) groups excluding carboxylic acids is 1. The van der Waals surface area contributed by atoms with Crippen molar-refractivity contribution < 1.29 is 9.72 Å². The van der Waals surface area contributed by atoms with Crippen LogP contribution in [0.4, 0.5) is 5.69 Å². The normalized spacial score (nSPS) is 9.80. The van der Waals surface area contributed by atoms with Gasteiger partial charge in [-0.1, -0.05) is 11.6 Å². The lowest BCUT2D eigenvalue weighted by molar-refractivity contribution is -0.385. The molecule has 1 aromatic rings. The molecule has 80 valence electrons. The molecule has 15 heavy (non-hydrogen) atoms. The Morgan fingerprint density at radius 1 is 1.53 bits per heavy atom. The molecule has 0 aromatic carbocycles. The van der Waals surface area contributed by atoms with Gasteiger partial charge in [-0.2, -0.15) is 0 Å². The molecule has 0 saturated heterocycles. The van der Waals surface area contributed by atoms with Crippen LogP contribution in [0.5, 0.6) is 0 Å². The molecule has 1 rings (SSSR count). The first-order chi connectivity index (χ1) is 6.93. The molecule has 1 aromatic heterocycles. The highest BCUT2D eigenvalue weighted by Gasteiger charge is 2.17. The molecule has 6 nitrogen and oxygen atoms in total. The van der Waals surface area contributed by atoms with E-state index in [0.29, 0.717) is 0 Å². The number of nitro groups is 1. The summed E-state index contributed by atoms with van der Waals surface area (Å²) in [5.74, 6) is -0.355. The minimum Gasteiger partial charge on any atom is -0.343 e. The van der Waals surface area contributed by atoms with Crippen LogP contribution in [-0.2, 0) is 0 Å². The van der Waals surface area contributed by atoms with Crippen molar-refractivity contribution in [3.8, 4) is 0 Å². The minimum absolute atomic E-state index is 0.0793. The molecule has 1 amide bonds. The Morgan fingerprint density at radius 2 is 2.13 bits per heavy atom. The lowest BCUT2D eigenvalue weighted by Gasteiger charge is -2.08. The van der Waals surface area contributed by atoms with Gasteiger partial charge in [0.05, 0.1) is 4.92 Å². The van der Waals surface area contributed by atoms with E-state index in [1.54, 1.807) is 14.1 Å². The van der Waals surface area contributed by atoms with Crippen LogP contribution in [0, 0.1) is 10.1 Å². The summed E-state index contributed by atoms with van der Waals surface area (Å²) in [6.45, 7) is 0. The number of hydrogen-bond acceptors (Lipinski definition) is 4. The van der Waals surface area contributed by atoms with Gasteiger partial charge < -0.3 is 4.90 Å². The second kappa shape index (κ2) is 4.22. The predicted molar refractivity (Wildman–Crippen MR) is 53.9 cm³/mol. The highest BCUT2D eigenvalue weighted by Crippen LogP contribution is 2.21. The number of aromatic nitrogens is 1. The van der Waals surface area contributed by atoms with Crippen LogP contribution in [0.15, 0.2) is 12.1 Å². The molecule has 0 fully saturated rings. The topological polar surface area (TPSA) is 76.3 Å². The molecule has 0 aliphatic heterocycles. The molecule has 0 aliphatic carbocycles. The fraction of sp³-hybridized carbons (Fsp3) is 0.250. The Labute approximate surface area is 90.6 Å². The highest BCUT2D eigenvalue weighted by atomic mass is 35.5. The first kappa shape index (κ1) is 11.4. The van der Waals surface area contributed by atoms with Crippen molar-refractivity contribution in [2.45, 2.75) is 0 Å². The van der Waals surface area contributed by atoms with Gasteiger partial charge in [0.1, 0.15) is 5.69 Å². The summed E-state index contributed by atoms with van der Waals surface area (Å²) in [4.78, 5) is 26.1. The van der Waals surface area contributed by atoms with Gasteiger partial charge in [-0.25, -0.2) is 4.98 Å². The zero-order valence-electron chi connectivity index (χ0n) is 8.10. The molecule has 0 atom stereocenters. The maximum Gasteiger partial charge on any atom is 0.306 e. The summed E-state index contributed by atoms with van der Waals surface area (Å²) < 4.78 is 0. The number of amides is 1. The second-order valence-corrected chi connectivity index (χ2v) is 3.32. The van der Waals surface area contributed by atoms with Gasteiger partial charge >= 0.3 is 5.69 Å². The van der Waals surface area contributed by atoms with Crippen LogP contribution in [0.1, 0.15) is 10.5 Å². The van der Waals surface area contributed by atoms with E-state index in [1.807, 2.05) is 0 Å². The molecule has 0 aliphatic rings. The van der Waals surface area contributed by atoms with Gasteiger partial charge in [-0.3, -0.25) is 14.9 Å². The number of carbonyl (C=O) groups is 1. The summed E-state index contributed by atoms with van der Waals surface area (Å²) in [6, 6.07) is 2.43. The Balaban J connectivity index is 3.12. The third-order valence-electron chi connectivity index (χ3n) is 1.65. The number of nitrogens with zero attached hydrogens (tertiary/aromatic N) is 3. The first-order valence-electron chi connectivity index (χ1n) is 3.96. The van der Waals surface area contributed by atoms with E-state index in [0.717, 1.165) is 6.07 Å². The maximum absolute atomic E-state index is 11.4. The van der Waals surface area contributed by atoms with Gasteiger partial charge in [0.25, 0.3) is 5.91 Å². The van der Waals surface area contributed by atoms with Gasteiger partial charge in [0, 0.05) is 20.2 Å². The minimum atomic E-state index is -0.654. The smallest absolute Gasteiger partial charge is 0.306 e. The molecule has 1 heterocycles. The zero-order valence-corrected chi connectivity index (χ0v) is 8.85. The van der Waals surface area contributed by atoms with Crippen molar-refractivity contribution in [3.05, 3.63) is 33.1 Å². The van der Waals surface area contributed by atoms with Crippen LogP contribution in [-0.4, -0.2) is 34.8 Å². The van der Waals surface area contributed by atoms with E-state index in [1.165, 1.54) is 11.0 Å². The molecule has 0 unspecified atom stereocenters. The number of halogens is 1. The van der Waals surface area contributed by atoms with Crippen LogP contribution in [0.3, 0.4) is 0 Å². The highest BCUT2D eigenvalue weighted by molar-refractivity contribution is 6.31. The van der Waals surface area contributed by atoms with Gasteiger partial charge in [-0.15, -0.1) is 0 Å². The van der Waals surface area contributed by atoms with E-state index < -0.39 is 4.92 Å². The largest absolute Gasteiger partial charge is 0.343 e. The molecular formula is C8H8ClN3O3. The van der Waals surface area contributed by atoms with Crippen LogP contribution in [0.25, 0.3) is 0 Å². The fourth-order valence-corrected chi connectivity index (χ4v) is 1.13. The van der Waals surface area contributed by atoms with Crippen molar-refractivity contribution in [2.75, 3.05) is 14.1 Å². The van der Waals surface area contributed by atoms with Crippen LogP contribution < -0.4 is 0 Å². The maximum atomic E-state index is 11.4. The van der Waals surface area contributed by atoms with Gasteiger partial charge in [0.2, 0.25) is 5.15 Å². The number of rotatable bonds is 2. The lowest BCUT2D eigenvalue weighted by Crippen LogP contribution is -2.22. The summed E-state index contributed by atoms with van der Waals surface area (Å²) in [5, 5.41) is 10.1. The standard InChI is InChI=1S/C8H8ClN3O3/c1-11(2)8(13)5-3-4-6(12(14)15)7(9)10-5/h3-4H,1-2H3. The third kappa shape index (κ3) is 2.41. The first-order valence-corrected chi connectivity index (χ1v) is 4.34. The van der Waals surface area contributed by atoms with E-state index in [9.17, 15) is 14.9 Å². The quantitative estimate of drug-likeness (QED) is 0.436. The Kier molecular flexibility index (Phi) is 3.21. The average molecular weight is 230 g/mol. The molecule has 7 heteroatoms. The van der Waals surface area contributed by atoms with E-state index in [4.69, 9.17) is 11.6 Å². The second-order valence-electron chi connectivity index (χ2n) is 2.96. The zero-order chi connectivity index (χ0) is 11.6. The molecule has 0 radical (unpaired) electrons. The van der Waals surface area contributed by atoms with Crippen molar-refractivity contribution in [1.82, 2.24) is 9.88 Å². The van der Waals surface area contributed by atoms with E-state index in [2.05, 4.69) is 4.98 Å². The Morgan fingerprint density at radius 3 is 2.53 bits per heavy atom. The van der Waals surface area contributed by atoms with E-state index >= 15 is 0 Å². The van der Waals surface area contributed by atoms with Crippen molar-refractivity contribution >= 4 is 23.2 Å². The monoisotopic (exact) mass is 229 g/mol. The van der Waals surface area contributed by atoms with Crippen molar-refractivity contribution in [3.63, 3.8) is 0 Å². The molecule has 0 N–H and O–H groups in total.